The minimum atomic E-state index is -0.381. The first kappa shape index (κ1) is 20.0. The lowest BCUT2D eigenvalue weighted by Gasteiger charge is -2.16. The van der Waals surface area contributed by atoms with Crippen LogP contribution in [0, 0.1) is 0 Å². The lowest BCUT2D eigenvalue weighted by atomic mass is 10.2. The summed E-state index contributed by atoms with van der Waals surface area (Å²) < 4.78 is 12.5. The van der Waals surface area contributed by atoms with Gasteiger partial charge in [0.1, 0.15) is 6.61 Å². The van der Waals surface area contributed by atoms with E-state index < -0.39 is 0 Å². The third-order valence-corrected chi connectivity index (χ3v) is 4.43. The highest BCUT2D eigenvalue weighted by molar-refractivity contribution is 9.10. The van der Waals surface area contributed by atoms with Crippen LogP contribution in [0.3, 0.4) is 0 Å². The van der Waals surface area contributed by atoms with Gasteiger partial charge >= 0.3 is 0 Å². The molecule has 0 aliphatic carbocycles. The van der Waals surface area contributed by atoms with E-state index in [1.165, 1.54) is 0 Å². The number of hydrogen-bond acceptors (Lipinski definition) is 4. The maximum atomic E-state index is 9.34. The van der Waals surface area contributed by atoms with Gasteiger partial charge in [-0.3, -0.25) is 0 Å². The fraction of sp³-hybridized carbons (Fsp3) is 0.368. The van der Waals surface area contributed by atoms with Crippen LogP contribution in [0.15, 0.2) is 40.9 Å². The molecule has 0 saturated heterocycles. The van der Waals surface area contributed by atoms with Crippen LogP contribution in [0.25, 0.3) is 0 Å². The molecule has 0 aliphatic rings. The van der Waals surface area contributed by atoms with Gasteiger partial charge in [0, 0.05) is 23.7 Å². The van der Waals surface area contributed by atoms with Crippen LogP contribution in [-0.4, -0.2) is 24.4 Å². The number of halogens is 2. The highest BCUT2D eigenvalue weighted by atomic mass is 79.9. The molecule has 1 unspecified atom stereocenters. The fourth-order valence-corrected chi connectivity index (χ4v) is 3.11. The van der Waals surface area contributed by atoms with Gasteiger partial charge in [0.05, 0.1) is 17.2 Å². The van der Waals surface area contributed by atoms with Crippen LogP contribution >= 0.6 is 27.5 Å². The number of rotatable bonds is 9. The molecule has 0 bridgehead atoms. The molecule has 2 aromatic carbocycles. The zero-order chi connectivity index (χ0) is 18.2. The summed E-state index contributed by atoms with van der Waals surface area (Å²) in [5, 5.41) is 13.2. The van der Waals surface area contributed by atoms with Gasteiger partial charge in [-0.25, -0.2) is 0 Å². The Kier molecular flexibility index (Phi) is 8.03. The molecule has 2 rings (SSSR count). The molecule has 2 aromatic rings. The predicted molar refractivity (Wildman–Crippen MR) is 104 cm³/mol. The first-order valence-electron chi connectivity index (χ1n) is 8.21. The molecule has 0 spiro atoms. The van der Waals surface area contributed by atoms with E-state index in [0.29, 0.717) is 42.8 Å². The van der Waals surface area contributed by atoms with E-state index in [0.717, 1.165) is 15.6 Å². The Hall–Kier alpha value is -1.27. The van der Waals surface area contributed by atoms with Crippen LogP contribution in [0.4, 0.5) is 0 Å². The molecule has 0 aliphatic heterocycles. The molecule has 2 N–H and O–H groups in total. The van der Waals surface area contributed by atoms with Crippen LogP contribution in [0.1, 0.15) is 25.0 Å². The second-order valence-electron chi connectivity index (χ2n) is 5.70. The predicted octanol–water partition coefficient (Wildman–Crippen LogP) is 4.55. The van der Waals surface area contributed by atoms with E-state index in [1.807, 2.05) is 43.3 Å². The summed E-state index contributed by atoms with van der Waals surface area (Å²) in [4.78, 5) is 0. The monoisotopic (exact) mass is 427 g/mol. The Labute approximate surface area is 162 Å². The molecule has 0 amide bonds. The lowest BCUT2D eigenvalue weighted by molar-refractivity contribution is 0.191. The maximum absolute atomic E-state index is 9.34. The topological polar surface area (TPSA) is 50.7 Å². The van der Waals surface area contributed by atoms with Crippen LogP contribution < -0.4 is 14.8 Å². The molecule has 0 saturated carbocycles. The highest BCUT2D eigenvalue weighted by Crippen LogP contribution is 2.37. The van der Waals surface area contributed by atoms with Crippen molar-refractivity contribution in [1.82, 2.24) is 5.32 Å². The van der Waals surface area contributed by atoms with Crippen molar-refractivity contribution in [1.29, 1.82) is 0 Å². The molecule has 0 aromatic heterocycles. The number of aliphatic hydroxyl groups excluding tert-OH is 1. The van der Waals surface area contributed by atoms with E-state index in [2.05, 4.69) is 21.2 Å². The van der Waals surface area contributed by atoms with Crippen molar-refractivity contribution >= 4 is 27.5 Å². The van der Waals surface area contributed by atoms with Gasteiger partial charge in [0.25, 0.3) is 0 Å². The van der Waals surface area contributed by atoms with E-state index in [4.69, 9.17) is 21.1 Å². The Balaban J connectivity index is 2.14. The molecular weight excluding hydrogens is 406 g/mol. The van der Waals surface area contributed by atoms with Gasteiger partial charge < -0.3 is 19.9 Å². The minimum absolute atomic E-state index is 0.359. The SMILES string of the molecule is CCOc1cc(CNCC(C)O)cc(Br)c1OCc1ccccc1Cl. The largest absolute Gasteiger partial charge is 0.490 e. The summed E-state index contributed by atoms with van der Waals surface area (Å²) in [6.07, 6.45) is -0.381. The minimum Gasteiger partial charge on any atom is -0.490 e. The number of nitrogens with one attached hydrogen (secondary N) is 1. The van der Waals surface area contributed by atoms with Crippen LogP contribution in [-0.2, 0) is 13.2 Å². The summed E-state index contributed by atoms with van der Waals surface area (Å²) in [7, 11) is 0. The maximum Gasteiger partial charge on any atom is 0.175 e. The Bertz CT molecular complexity index is 694. The van der Waals surface area contributed by atoms with Gasteiger partial charge in [-0.15, -0.1) is 0 Å². The van der Waals surface area contributed by atoms with Crippen molar-refractivity contribution in [2.75, 3.05) is 13.2 Å². The van der Waals surface area contributed by atoms with Gasteiger partial charge in [0.2, 0.25) is 0 Å². The lowest BCUT2D eigenvalue weighted by Crippen LogP contribution is -2.23. The van der Waals surface area contributed by atoms with Gasteiger partial charge in [0.15, 0.2) is 11.5 Å². The fourth-order valence-electron chi connectivity index (χ4n) is 2.32. The zero-order valence-corrected chi connectivity index (χ0v) is 16.7. The van der Waals surface area contributed by atoms with Crippen molar-refractivity contribution in [3.63, 3.8) is 0 Å². The number of ether oxygens (including phenoxy) is 2. The van der Waals surface area contributed by atoms with Crippen molar-refractivity contribution < 1.29 is 14.6 Å². The standard InChI is InChI=1S/C19H23BrClNO3/c1-3-24-18-9-14(11-22-10-13(2)23)8-16(20)19(18)25-12-15-6-4-5-7-17(15)21/h4-9,13,22-23H,3,10-12H2,1-2H3. The Morgan fingerprint density at radius 3 is 2.68 bits per heavy atom. The molecular formula is C19H23BrClNO3. The second-order valence-corrected chi connectivity index (χ2v) is 6.96. The quantitative estimate of drug-likeness (QED) is 0.615. The van der Waals surface area contributed by atoms with Gasteiger partial charge in [-0.05, 0) is 53.5 Å². The normalized spacial score (nSPS) is 12.0. The third-order valence-electron chi connectivity index (χ3n) is 3.47. The summed E-state index contributed by atoms with van der Waals surface area (Å²) in [5.74, 6) is 1.33. The van der Waals surface area contributed by atoms with Crippen LogP contribution in [0.5, 0.6) is 11.5 Å². The van der Waals surface area contributed by atoms with Gasteiger partial charge in [-0.2, -0.15) is 0 Å². The molecule has 6 heteroatoms. The summed E-state index contributed by atoms with van der Waals surface area (Å²) >= 11 is 9.75. The average Bonchev–Trinajstić information content (AvgIpc) is 2.55. The van der Waals surface area contributed by atoms with E-state index >= 15 is 0 Å². The number of benzene rings is 2. The molecule has 136 valence electrons. The van der Waals surface area contributed by atoms with Crippen molar-refractivity contribution in [3.8, 4) is 11.5 Å². The molecule has 25 heavy (non-hydrogen) atoms. The Morgan fingerprint density at radius 2 is 2.00 bits per heavy atom. The summed E-state index contributed by atoms with van der Waals surface area (Å²) in [5.41, 5.74) is 1.96. The number of hydrogen-bond donors (Lipinski definition) is 2. The highest BCUT2D eigenvalue weighted by Gasteiger charge is 2.13. The van der Waals surface area contributed by atoms with E-state index in [-0.39, 0.29) is 6.10 Å². The molecule has 0 heterocycles. The molecule has 0 fully saturated rings. The van der Waals surface area contributed by atoms with E-state index in [1.54, 1.807) is 6.92 Å². The third kappa shape index (κ3) is 6.19. The van der Waals surface area contributed by atoms with Crippen molar-refractivity contribution in [3.05, 3.63) is 57.0 Å². The molecule has 0 radical (unpaired) electrons. The van der Waals surface area contributed by atoms with Crippen LogP contribution in [0.2, 0.25) is 5.02 Å². The van der Waals surface area contributed by atoms with E-state index in [9.17, 15) is 5.11 Å². The average molecular weight is 429 g/mol. The number of aliphatic hydroxyl groups is 1. The van der Waals surface area contributed by atoms with Gasteiger partial charge in [-0.1, -0.05) is 29.8 Å². The summed E-state index contributed by atoms with van der Waals surface area (Å²) in [6, 6.07) is 11.5. The first-order valence-corrected chi connectivity index (χ1v) is 9.38. The van der Waals surface area contributed by atoms with Crippen molar-refractivity contribution in [2.24, 2.45) is 0 Å². The molecule has 1 atom stereocenters. The second kappa shape index (κ2) is 10.0. The van der Waals surface area contributed by atoms with Crippen molar-refractivity contribution in [2.45, 2.75) is 33.1 Å². The Morgan fingerprint density at radius 1 is 1.24 bits per heavy atom. The smallest absolute Gasteiger partial charge is 0.175 e. The zero-order valence-electron chi connectivity index (χ0n) is 14.4. The summed E-state index contributed by atoms with van der Waals surface area (Å²) in [6.45, 7) is 5.75. The first-order chi connectivity index (χ1) is 12.0. The molecule has 4 nitrogen and oxygen atoms in total.